The monoisotopic (exact) mass is 325 g/mol. The molecule has 1 N–H and O–H groups in total. The van der Waals surface area contributed by atoms with E-state index in [4.69, 9.17) is 4.74 Å². The molecule has 0 bridgehead atoms. The molecule has 0 unspecified atom stereocenters. The zero-order valence-electron chi connectivity index (χ0n) is 12.5. The second-order valence-corrected chi connectivity index (χ2v) is 5.67. The van der Waals surface area contributed by atoms with Crippen LogP contribution in [0, 0.1) is 0 Å². The maximum Gasteiger partial charge on any atom is 0.246 e. The lowest BCUT2D eigenvalue weighted by molar-refractivity contribution is -0.120. The van der Waals surface area contributed by atoms with Gasteiger partial charge in [0.1, 0.15) is 5.75 Å². The van der Waals surface area contributed by atoms with E-state index in [1.165, 1.54) is 11.5 Å². The molecule has 3 rings (SSSR count). The van der Waals surface area contributed by atoms with Crippen molar-refractivity contribution in [2.75, 3.05) is 7.11 Å². The normalized spacial score (nSPS) is 11.0. The molecule has 5 nitrogen and oxygen atoms in total. The smallest absolute Gasteiger partial charge is 0.246 e. The molecule has 0 aliphatic rings. The number of fused-ring (bicyclic) bond motifs is 1. The highest BCUT2D eigenvalue weighted by atomic mass is 32.1. The Hall–Kier alpha value is -2.73. The van der Waals surface area contributed by atoms with E-state index in [2.05, 4.69) is 14.9 Å². The number of amides is 1. The lowest BCUT2D eigenvalue weighted by Crippen LogP contribution is -2.20. The Bertz CT molecular complexity index is 840. The van der Waals surface area contributed by atoms with Crippen LogP contribution in [0.3, 0.4) is 0 Å². The molecule has 0 saturated carbocycles. The molecule has 0 aliphatic heterocycles. The number of hydrogen-bond donors (Lipinski definition) is 1. The molecule has 0 radical (unpaired) electrons. The number of aromatic nitrogens is 1. The lowest BCUT2D eigenvalue weighted by atomic mass is 10.2. The summed E-state index contributed by atoms with van der Waals surface area (Å²) in [6.45, 7) is 0. The van der Waals surface area contributed by atoms with Crippen LogP contribution in [0.4, 0.5) is 0 Å². The largest absolute Gasteiger partial charge is 0.497 e. The molecule has 0 atom stereocenters. The molecule has 2 aromatic carbocycles. The van der Waals surface area contributed by atoms with Crippen molar-refractivity contribution in [1.82, 2.24) is 9.80 Å². The number of carbonyl (C=O) groups is 1. The number of rotatable bonds is 5. The van der Waals surface area contributed by atoms with Gasteiger partial charge in [-0.1, -0.05) is 18.2 Å². The number of methoxy groups -OCH3 is 1. The van der Waals surface area contributed by atoms with Crippen LogP contribution >= 0.6 is 11.5 Å². The van der Waals surface area contributed by atoms with Gasteiger partial charge < -0.3 is 4.74 Å². The Morgan fingerprint density at radius 2 is 2.04 bits per heavy atom. The molecule has 0 saturated heterocycles. The fraction of sp³-hybridized carbons (Fsp3) is 0.118. The summed E-state index contributed by atoms with van der Waals surface area (Å²) in [6.07, 6.45) is 1.81. The molecule has 0 fully saturated rings. The van der Waals surface area contributed by atoms with Crippen LogP contribution in [0.1, 0.15) is 11.3 Å². The van der Waals surface area contributed by atoms with Gasteiger partial charge in [0.15, 0.2) is 0 Å². The molecular formula is C17H15N3O2S. The van der Waals surface area contributed by atoms with E-state index in [1.54, 1.807) is 13.3 Å². The molecular weight excluding hydrogens is 310 g/mol. The van der Waals surface area contributed by atoms with Crippen molar-refractivity contribution < 1.29 is 9.53 Å². The maximum absolute atomic E-state index is 12.0. The minimum absolute atomic E-state index is 0.189. The first-order chi connectivity index (χ1) is 11.3. The van der Waals surface area contributed by atoms with Gasteiger partial charge in [-0.3, -0.25) is 4.79 Å². The third-order valence-electron chi connectivity index (χ3n) is 3.30. The third kappa shape index (κ3) is 3.73. The van der Waals surface area contributed by atoms with Crippen molar-refractivity contribution in [2.45, 2.75) is 6.42 Å². The topological polar surface area (TPSA) is 63.6 Å². The van der Waals surface area contributed by atoms with Crippen LogP contribution in [0.5, 0.6) is 5.75 Å². The van der Waals surface area contributed by atoms with E-state index in [-0.39, 0.29) is 12.3 Å². The van der Waals surface area contributed by atoms with Crippen molar-refractivity contribution in [3.63, 3.8) is 0 Å². The number of nitrogens with one attached hydrogen (secondary N) is 1. The van der Waals surface area contributed by atoms with Gasteiger partial charge in [0.05, 0.1) is 30.1 Å². The summed E-state index contributed by atoms with van der Waals surface area (Å²) in [5.41, 5.74) is 4.19. The Balaban J connectivity index is 1.59. The molecule has 3 aromatic rings. The Morgan fingerprint density at radius 3 is 2.83 bits per heavy atom. The summed E-state index contributed by atoms with van der Waals surface area (Å²) in [5.74, 6) is 0.590. The van der Waals surface area contributed by atoms with Gasteiger partial charge in [0.2, 0.25) is 5.91 Å². The van der Waals surface area contributed by atoms with E-state index in [0.717, 1.165) is 27.1 Å². The zero-order valence-corrected chi connectivity index (χ0v) is 13.3. The van der Waals surface area contributed by atoms with Gasteiger partial charge >= 0.3 is 0 Å². The van der Waals surface area contributed by atoms with E-state index < -0.39 is 0 Å². The second-order valence-electron chi connectivity index (χ2n) is 4.87. The number of benzene rings is 2. The number of carbonyl (C=O) groups excluding carboxylic acids is 1. The average Bonchev–Trinajstić information content (AvgIpc) is 2.99. The molecule has 6 heteroatoms. The minimum atomic E-state index is -0.189. The SMILES string of the molecule is COc1ccc(/C=N/NC(=O)Cc2nsc3ccccc23)cc1. The summed E-state index contributed by atoms with van der Waals surface area (Å²) >= 11 is 1.40. The standard InChI is InChI=1S/C17H15N3O2S/c1-22-13-8-6-12(7-9-13)11-18-19-17(21)10-15-14-4-2-3-5-16(14)23-20-15/h2-9,11H,10H2,1H3,(H,19,21)/b18-11+. The first-order valence-corrected chi connectivity index (χ1v) is 7.83. The van der Waals surface area contributed by atoms with Crippen molar-refractivity contribution >= 4 is 33.7 Å². The highest BCUT2D eigenvalue weighted by Gasteiger charge is 2.09. The fourth-order valence-corrected chi connectivity index (χ4v) is 2.92. The maximum atomic E-state index is 12.0. The Kier molecular flexibility index (Phi) is 4.63. The van der Waals surface area contributed by atoms with E-state index in [0.29, 0.717) is 0 Å². The quantitative estimate of drug-likeness (QED) is 0.579. The molecule has 1 aromatic heterocycles. The first kappa shape index (κ1) is 15.2. The number of nitrogens with zero attached hydrogens (tertiary/aromatic N) is 2. The van der Waals surface area contributed by atoms with Crippen LogP contribution in [0.15, 0.2) is 53.6 Å². The second kappa shape index (κ2) is 7.02. The molecule has 116 valence electrons. The highest BCUT2D eigenvalue weighted by Crippen LogP contribution is 2.22. The number of hydrazone groups is 1. The molecule has 1 amide bonds. The lowest BCUT2D eigenvalue weighted by Gasteiger charge is -2.00. The number of ether oxygens (including phenoxy) is 1. The Morgan fingerprint density at radius 1 is 1.26 bits per heavy atom. The van der Waals surface area contributed by atoms with Gasteiger partial charge in [-0.25, -0.2) is 5.43 Å². The summed E-state index contributed by atoms with van der Waals surface area (Å²) < 4.78 is 10.5. The molecule has 0 aliphatic carbocycles. The summed E-state index contributed by atoms with van der Waals surface area (Å²) in [5, 5.41) is 4.99. The summed E-state index contributed by atoms with van der Waals surface area (Å²) in [4.78, 5) is 12.0. The fourth-order valence-electron chi connectivity index (χ4n) is 2.13. The van der Waals surface area contributed by atoms with Gasteiger partial charge in [0.25, 0.3) is 0 Å². The molecule has 0 spiro atoms. The first-order valence-electron chi connectivity index (χ1n) is 7.05. The van der Waals surface area contributed by atoms with Crippen LogP contribution in [0.25, 0.3) is 10.1 Å². The predicted octanol–water partition coefficient (Wildman–Crippen LogP) is 3.00. The van der Waals surface area contributed by atoms with Crippen molar-refractivity contribution in [3.05, 3.63) is 59.8 Å². The van der Waals surface area contributed by atoms with Gasteiger partial charge in [-0.2, -0.15) is 9.47 Å². The van der Waals surface area contributed by atoms with E-state index >= 15 is 0 Å². The highest BCUT2D eigenvalue weighted by molar-refractivity contribution is 7.13. The van der Waals surface area contributed by atoms with Gasteiger partial charge in [-0.15, -0.1) is 0 Å². The molecule has 23 heavy (non-hydrogen) atoms. The van der Waals surface area contributed by atoms with E-state index in [9.17, 15) is 4.79 Å². The Labute approximate surface area is 137 Å². The number of hydrogen-bond acceptors (Lipinski definition) is 5. The van der Waals surface area contributed by atoms with Crippen molar-refractivity contribution in [1.29, 1.82) is 0 Å². The van der Waals surface area contributed by atoms with Gasteiger partial charge in [0, 0.05) is 5.39 Å². The minimum Gasteiger partial charge on any atom is -0.497 e. The average molecular weight is 325 g/mol. The third-order valence-corrected chi connectivity index (χ3v) is 4.16. The van der Waals surface area contributed by atoms with Crippen LogP contribution in [0.2, 0.25) is 0 Å². The van der Waals surface area contributed by atoms with E-state index in [1.807, 2.05) is 48.5 Å². The van der Waals surface area contributed by atoms with Crippen LogP contribution in [-0.2, 0) is 11.2 Å². The van der Waals surface area contributed by atoms with Gasteiger partial charge in [-0.05, 0) is 47.4 Å². The summed E-state index contributed by atoms with van der Waals surface area (Å²) in [7, 11) is 1.62. The zero-order chi connectivity index (χ0) is 16.1. The van der Waals surface area contributed by atoms with Crippen LogP contribution in [-0.4, -0.2) is 23.6 Å². The predicted molar refractivity (Wildman–Crippen MR) is 92.1 cm³/mol. The van der Waals surface area contributed by atoms with Crippen molar-refractivity contribution in [3.8, 4) is 5.75 Å². The molecule has 1 heterocycles. The van der Waals surface area contributed by atoms with Crippen LogP contribution < -0.4 is 10.2 Å². The summed E-state index contributed by atoms with van der Waals surface area (Å²) in [6, 6.07) is 15.3. The van der Waals surface area contributed by atoms with Crippen molar-refractivity contribution in [2.24, 2.45) is 5.10 Å².